The second-order valence-corrected chi connectivity index (χ2v) is 4.09. The Morgan fingerprint density at radius 3 is 2.05 bits per heavy atom. The molecule has 0 saturated heterocycles. The van der Waals surface area contributed by atoms with Gasteiger partial charge in [0.15, 0.2) is 0 Å². The quantitative estimate of drug-likeness (QED) is 0.790. The minimum Gasteiger partial charge on any atom is -0.496 e. The van der Waals surface area contributed by atoms with E-state index in [0.717, 1.165) is 16.7 Å². The van der Waals surface area contributed by atoms with Crippen molar-refractivity contribution >= 4 is 0 Å². The molecule has 0 aromatic heterocycles. The van der Waals surface area contributed by atoms with Crippen LogP contribution in [0.25, 0.3) is 11.1 Å². The lowest BCUT2D eigenvalue weighted by Crippen LogP contribution is -1.95. The van der Waals surface area contributed by atoms with E-state index < -0.39 is 0 Å². The average molecular weight is 262 g/mol. The Balaban J connectivity index is 2.74. The highest BCUT2D eigenvalue weighted by Crippen LogP contribution is 2.37. The van der Waals surface area contributed by atoms with Gasteiger partial charge < -0.3 is 9.47 Å². The molecule has 0 heterocycles. The smallest absolute Gasteiger partial charge is 0.135 e. The standard InChI is InChI=1S/C18H14O2/c1-5-13-9-7-8-10-15(13)16-12-17(19-3)14(6-2)11-18(16)20-4/h1-2,7-12H,3-4H3. The largest absolute Gasteiger partial charge is 0.496 e. The van der Waals surface area contributed by atoms with E-state index in [9.17, 15) is 0 Å². The molecule has 2 rings (SSSR count). The molecule has 0 saturated carbocycles. The van der Waals surface area contributed by atoms with Crippen LogP contribution in [0, 0.1) is 24.7 Å². The maximum absolute atomic E-state index is 5.55. The van der Waals surface area contributed by atoms with Crippen molar-refractivity contribution in [1.82, 2.24) is 0 Å². The van der Waals surface area contributed by atoms with E-state index in [1.54, 1.807) is 20.3 Å². The van der Waals surface area contributed by atoms with Gasteiger partial charge in [0, 0.05) is 22.8 Å². The fourth-order valence-corrected chi connectivity index (χ4v) is 2.06. The van der Waals surface area contributed by atoms with E-state index in [1.807, 2.05) is 30.3 Å². The number of benzene rings is 2. The molecule has 0 N–H and O–H groups in total. The summed E-state index contributed by atoms with van der Waals surface area (Å²) in [6.45, 7) is 0. The molecule has 2 aromatic rings. The van der Waals surface area contributed by atoms with Crippen molar-refractivity contribution in [3.8, 4) is 47.3 Å². The molecule has 0 aliphatic heterocycles. The molecular weight excluding hydrogens is 248 g/mol. The van der Waals surface area contributed by atoms with Gasteiger partial charge in [-0.3, -0.25) is 0 Å². The summed E-state index contributed by atoms with van der Waals surface area (Å²) in [7, 11) is 3.18. The molecule has 20 heavy (non-hydrogen) atoms. The summed E-state index contributed by atoms with van der Waals surface area (Å²) in [5.74, 6) is 6.55. The van der Waals surface area contributed by atoms with Crippen molar-refractivity contribution in [3.05, 3.63) is 47.5 Å². The normalized spacial score (nSPS) is 9.40. The maximum Gasteiger partial charge on any atom is 0.135 e. The van der Waals surface area contributed by atoms with Crippen LogP contribution < -0.4 is 9.47 Å². The first-order chi connectivity index (χ1) is 9.74. The molecular formula is C18H14O2. The summed E-state index contributed by atoms with van der Waals surface area (Å²) >= 11 is 0. The highest BCUT2D eigenvalue weighted by atomic mass is 16.5. The monoisotopic (exact) mass is 262 g/mol. The van der Waals surface area contributed by atoms with Crippen LogP contribution in [0.2, 0.25) is 0 Å². The van der Waals surface area contributed by atoms with Crippen molar-refractivity contribution < 1.29 is 9.47 Å². The van der Waals surface area contributed by atoms with E-state index in [4.69, 9.17) is 22.3 Å². The third-order valence-electron chi connectivity index (χ3n) is 3.05. The number of ether oxygens (including phenoxy) is 2. The van der Waals surface area contributed by atoms with Gasteiger partial charge in [-0.2, -0.15) is 0 Å². The lowest BCUT2D eigenvalue weighted by molar-refractivity contribution is 0.403. The molecule has 0 aliphatic rings. The highest BCUT2D eigenvalue weighted by Gasteiger charge is 2.13. The minimum absolute atomic E-state index is 0.620. The van der Waals surface area contributed by atoms with Gasteiger partial charge >= 0.3 is 0 Å². The lowest BCUT2D eigenvalue weighted by Gasteiger charge is -2.14. The molecule has 0 atom stereocenters. The van der Waals surface area contributed by atoms with Crippen LogP contribution in [-0.4, -0.2) is 14.2 Å². The third-order valence-corrected chi connectivity index (χ3v) is 3.05. The topological polar surface area (TPSA) is 18.5 Å². The van der Waals surface area contributed by atoms with E-state index in [2.05, 4.69) is 11.8 Å². The zero-order chi connectivity index (χ0) is 14.5. The Bertz CT molecular complexity index is 715. The van der Waals surface area contributed by atoms with Crippen molar-refractivity contribution in [2.45, 2.75) is 0 Å². The van der Waals surface area contributed by atoms with Gasteiger partial charge in [0.2, 0.25) is 0 Å². The first-order valence-corrected chi connectivity index (χ1v) is 6.03. The summed E-state index contributed by atoms with van der Waals surface area (Å²) in [6.07, 6.45) is 11.0. The Hall–Kier alpha value is -2.84. The molecule has 0 spiro atoms. The first kappa shape index (κ1) is 13.6. The fraction of sp³-hybridized carbons (Fsp3) is 0.111. The summed E-state index contributed by atoms with van der Waals surface area (Å²) < 4.78 is 10.7. The second-order valence-electron chi connectivity index (χ2n) is 4.09. The molecule has 2 nitrogen and oxygen atoms in total. The van der Waals surface area contributed by atoms with Crippen LogP contribution in [0.4, 0.5) is 0 Å². The Morgan fingerprint density at radius 2 is 1.45 bits per heavy atom. The molecule has 0 aliphatic carbocycles. The van der Waals surface area contributed by atoms with Gasteiger partial charge in [-0.05, 0) is 12.1 Å². The van der Waals surface area contributed by atoms with Gasteiger partial charge in [0.25, 0.3) is 0 Å². The van der Waals surface area contributed by atoms with Gasteiger partial charge in [0.05, 0.1) is 19.8 Å². The van der Waals surface area contributed by atoms with E-state index in [1.165, 1.54) is 0 Å². The zero-order valence-electron chi connectivity index (χ0n) is 11.4. The number of methoxy groups -OCH3 is 2. The molecule has 0 radical (unpaired) electrons. The predicted octanol–water partition coefficient (Wildman–Crippen LogP) is 3.33. The Morgan fingerprint density at radius 1 is 0.800 bits per heavy atom. The summed E-state index contributed by atoms with van der Waals surface area (Å²) in [4.78, 5) is 0. The van der Waals surface area contributed by atoms with Crippen LogP contribution in [0.1, 0.15) is 11.1 Å². The van der Waals surface area contributed by atoms with Crippen LogP contribution in [0.3, 0.4) is 0 Å². The molecule has 0 unspecified atom stereocenters. The molecule has 2 aromatic carbocycles. The number of terminal acetylenes is 2. The predicted molar refractivity (Wildman–Crippen MR) is 80.9 cm³/mol. The maximum atomic E-state index is 5.55. The summed E-state index contributed by atoms with van der Waals surface area (Å²) in [5.41, 5.74) is 3.21. The molecule has 2 heteroatoms. The van der Waals surface area contributed by atoms with E-state index in [-0.39, 0.29) is 0 Å². The minimum atomic E-state index is 0.620. The number of hydrogen-bond donors (Lipinski definition) is 0. The van der Waals surface area contributed by atoms with Crippen LogP contribution in [0.5, 0.6) is 11.5 Å². The Kier molecular flexibility index (Phi) is 3.99. The summed E-state index contributed by atoms with van der Waals surface area (Å²) in [5, 5.41) is 0. The number of hydrogen-bond acceptors (Lipinski definition) is 2. The van der Waals surface area contributed by atoms with Crippen molar-refractivity contribution in [3.63, 3.8) is 0 Å². The van der Waals surface area contributed by atoms with Crippen molar-refractivity contribution in [1.29, 1.82) is 0 Å². The fourth-order valence-electron chi connectivity index (χ4n) is 2.06. The van der Waals surface area contributed by atoms with Gasteiger partial charge in [-0.15, -0.1) is 12.8 Å². The molecule has 0 fully saturated rings. The highest BCUT2D eigenvalue weighted by molar-refractivity contribution is 5.78. The molecule has 0 amide bonds. The van der Waals surface area contributed by atoms with Gasteiger partial charge in [0.1, 0.15) is 11.5 Å². The number of rotatable bonds is 3. The van der Waals surface area contributed by atoms with Crippen LogP contribution in [0.15, 0.2) is 36.4 Å². The van der Waals surface area contributed by atoms with Crippen LogP contribution in [-0.2, 0) is 0 Å². The SMILES string of the molecule is C#Cc1cc(OC)c(-c2ccccc2C#C)cc1OC. The van der Waals surface area contributed by atoms with Gasteiger partial charge in [-0.25, -0.2) is 0 Å². The Labute approximate surface area is 119 Å². The summed E-state index contributed by atoms with van der Waals surface area (Å²) in [6, 6.07) is 11.3. The molecule has 0 bridgehead atoms. The second kappa shape index (κ2) is 5.87. The third kappa shape index (κ3) is 2.32. The lowest BCUT2D eigenvalue weighted by atomic mass is 9.97. The average Bonchev–Trinajstić information content (AvgIpc) is 2.53. The van der Waals surface area contributed by atoms with E-state index in [0.29, 0.717) is 17.1 Å². The first-order valence-electron chi connectivity index (χ1n) is 6.03. The van der Waals surface area contributed by atoms with Crippen molar-refractivity contribution in [2.24, 2.45) is 0 Å². The van der Waals surface area contributed by atoms with Crippen LogP contribution >= 0.6 is 0 Å². The molecule has 98 valence electrons. The van der Waals surface area contributed by atoms with Gasteiger partial charge in [-0.1, -0.05) is 30.0 Å². The zero-order valence-corrected chi connectivity index (χ0v) is 11.4. The van der Waals surface area contributed by atoms with Crippen molar-refractivity contribution in [2.75, 3.05) is 14.2 Å². The van der Waals surface area contributed by atoms with E-state index >= 15 is 0 Å².